The van der Waals surface area contributed by atoms with Crippen LogP contribution >= 0.6 is 0 Å². The quantitative estimate of drug-likeness (QED) is 0.883. The fourth-order valence-electron chi connectivity index (χ4n) is 2.92. The van der Waals surface area contributed by atoms with E-state index in [1.807, 2.05) is 0 Å². The van der Waals surface area contributed by atoms with E-state index >= 15 is 0 Å². The Balaban J connectivity index is 2.06. The summed E-state index contributed by atoms with van der Waals surface area (Å²) in [5.41, 5.74) is 1.30. The van der Waals surface area contributed by atoms with Gasteiger partial charge in [-0.1, -0.05) is 37.3 Å². The molecule has 1 aliphatic rings. The summed E-state index contributed by atoms with van der Waals surface area (Å²) in [4.78, 5) is 4.71. The van der Waals surface area contributed by atoms with Crippen LogP contribution in [0.4, 0.5) is 0 Å². The van der Waals surface area contributed by atoms with Crippen molar-refractivity contribution in [1.29, 1.82) is 0 Å². The van der Waals surface area contributed by atoms with E-state index in [0.717, 1.165) is 44.0 Å². The highest BCUT2D eigenvalue weighted by molar-refractivity contribution is 5.33. The first-order chi connectivity index (χ1) is 9.35. The maximum atomic E-state index is 4.71. The molecule has 0 aliphatic carbocycles. The van der Waals surface area contributed by atoms with E-state index in [4.69, 9.17) is 4.98 Å². The van der Waals surface area contributed by atoms with Gasteiger partial charge < -0.3 is 5.32 Å². The first-order valence-electron chi connectivity index (χ1n) is 7.03. The number of rotatable bonds is 3. The van der Waals surface area contributed by atoms with Crippen molar-refractivity contribution in [2.75, 3.05) is 13.1 Å². The normalized spacial score (nSPS) is 18.4. The van der Waals surface area contributed by atoms with Gasteiger partial charge in [-0.3, -0.25) is 5.10 Å². The lowest BCUT2D eigenvalue weighted by atomic mass is 9.72. The number of nitrogens with zero attached hydrogens (tertiary/aromatic N) is 2. The summed E-state index contributed by atoms with van der Waals surface area (Å²) in [6.07, 6.45) is 3.01. The molecule has 100 valence electrons. The molecule has 1 aliphatic heterocycles. The monoisotopic (exact) mass is 256 g/mol. The topological polar surface area (TPSA) is 53.6 Å². The van der Waals surface area contributed by atoms with E-state index in [2.05, 4.69) is 52.8 Å². The molecule has 1 aromatic carbocycles. The average Bonchev–Trinajstić information content (AvgIpc) is 2.98. The number of hydrogen-bond acceptors (Lipinski definition) is 3. The summed E-state index contributed by atoms with van der Waals surface area (Å²) in [7, 11) is 0. The number of H-pyrrole nitrogens is 1. The van der Waals surface area contributed by atoms with Gasteiger partial charge in [0.15, 0.2) is 5.82 Å². The molecule has 4 nitrogen and oxygen atoms in total. The highest BCUT2D eigenvalue weighted by Gasteiger charge is 2.39. The van der Waals surface area contributed by atoms with E-state index < -0.39 is 0 Å². The Bertz CT molecular complexity index is 526. The zero-order chi connectivity index (χ0) is 13.1. The first kappa shape index (κ1) is 12.4. The Kier molecular flexibility index (Phi) is 3.34. The van der Waals surface area contributed by atoms with Crippen LogP contribution < -0.4 is 5.32 Å². The second-order valence-corrected chi connectivity index (χ2v) is 5.16. The van der Waals surface area contributed by atoms with Crippen molar-refractivity contribution in [1.82, 2.24) is 20.5 Å². The summed E-state index contributed by atoms with van der Waals surface area (Å²) in [6.45, 7) is 4.14. The zero-order valence-corrected chi connectivity index (χ0v) is 11.3. The summed E-state index contributed by atoms with van der Waals surface area (Å²) >= 11 is 0. The molecule has 0 spiro atoms. The van der Waals surface area contributed by atoms with Gasteiger partial charge in [0.2, 0.25) is 0 Å². The lowest BCUT2D eigenvalue weighted by Crippen LogP contribution is -2.41. The Morgan fingerprint density at radius 2 is 1.89 bits per heavy atom. The third kappa shape index (κ3) is 2.16. The molecule has 3 rings (SSSR count). The van der Waals surface area contributed by atoms with Crippen molar-refractivity contribution in [3.05, 3.63) is 47.5 Å². The number of hydrogen-bond donors (Lipinski definition) is 2. The van der Waals surface area contributed by atoms with Crippen LogP contribution in [-0.2, 0) is 11.8 Å². The third-order valence-electron chi connectivity index (χ3n) is 4.08. The van der Waals surface area contributed by atoms with Gasteiger partial charge in [0.05, 0.1) is 5.41 Å². The van der Waals surface area contributed by atoms with Gasteiger partial charge in [0.1, 0.15) is 5.82 Å². The fraction of sp³-hybridized carbons (Fsp3) is 0.467. The molecule has 2 heterocycles. The molecular formula is C15H20N4. The third-order valence-corrected chi connectivity index (χ3v) is 4.08. The standard InChI is InChI=1S/C15H20N4/c1-2-13-17-14(19-18-13)15(8-10-16-11-9-15)12-6-4-3-5-7-12/h3-7,16H,2,8-11H2,1H3,(H,17,18,19). The van der Waals surface area contributed by atoms with Crippen molar-refractivity contribution in [2.45, 2.75) is 31.6 Å². The van der Waals surface area contributed by atoms with Crippen molar-refractivity contribution in [2.24, 2.45) is 0 Å². The fourth-order valence-corrected chi connectivity index (χ4v) is 2.92. The summed E-state index contributed by atoms with van der Waals surface area (Å²) in [6, 6.07) is 10.7. The van der Waals surface area contributed by atoms with Crippen LogP contribution in [0, 0.1) is 0 Å². The minimum absolute atomic E-state index is 0.0313. The highest BCUT2D eigenvalue weighted by atomic mass is 15.2. The second-order valence-electron chi connectivity index (χ2n) is 5.16. The molecule has 1 saturated heterocycles. The van der Waals surface area contributed by atoms with Crippen LogP contribution in [0.1, 0.15) is 37.0 Å². The van der Waals surface area contributed by atoms with Gasteiger partial charge in [-0.05, 0) is 31.5 Å². The molecule has 0 amide bonds. The Hall–Kier alpha value is -1.68. The van der Waals surface area contributed by atoms with E-state index in [0.29, 0.717) is 0 Å². The molecule has 2 N–H and O–H groups in total. The van der Waals surface area contributed by atoms with Gasteiger partial charge in [-0.15, -0.1) is 0 Å². The SMILES string of the molecule is CCc1nc(C2(c3ccccc3)CCNCC2)n[nH]1. The maximum absolute atomic E-state index is 4.71. The highest BCUT2D eigenvalue weighted by Crippen LogP contribution is 2.38. The maximum Gasteiger partial charge on any atom is 0.161 e. The molecule has 1 fully saturated rings. The molecule has 2 aromatic rings. The zero-order valence-electron chi connectivity index (χ0n) is 11.3. The van der Waals surface area contributed by atoms with Crippen molar-refractivity contribution in [3.8, 4) is 0 Å². The van der Waals surface area contributed by atoms with Gasteiger partial charge in [-0.25, -0.2) is 4.98 Å². The molecule has 19 heavy (non-hydrogen) atoms. The molecular weight excluding hydrogens is 236 g/mol. The Morgan fingerprint density at radius 1 is 1.16 bits per heavy atom. The van der Waals surface area contributed by atoms with Crippen LogP contribution in [0.5, 0.6) is 0 Å². The largest absolute Gasteiger partial charge is 0.317 e. The molecule has 0 unspecified atom stereocenters. The number of aromatic amines is 1. The van der Waals surface area contributed by atoms with Gasteiger partial charge >= 0.3 is 0 Å². The molecule has 0 saturated carbocycles. The van der Waals surface area contributed by atoms with Gasteiger partial charge in [0, 0.05) is 6.42 Å². The van der Waals surface area contributed by atoms with Crippen molar-refractivity contribution < 1.29 is 0 Å². The molecule has 4 heteroatoms. The van der Waals surface area contributed by atoms with Crippen molar-refractivity contribution in [3.63, 3.8) is 0 Å². The van der Waals surface area contributed by atoms with Crippen LogP contribution in [0.3, 0.4) is 0 Å². The lowest BCUT2D eigenvalue weighted by molar-refractivity contribution is 0.346. The Morgan fingerprint density at radius 3 is 2.53 bits per heavy atom. The average molecular weight is 256 g/mol. The summed E-state index contributed by atoms with van der Waals surface area (Å²) in [5.74, 6) is 1.93. The van der Waals surface area contributed by atoms with Crippen LogP contribution in [0.2, 0.25) is 0 Å². The molecule has 0 atom stereocenters. The molecule has 0 bridgehead atoms. The predicted molar refractivity (Wildman–Crippen MR) is 75.1 cm³/mol. The second kappa shape index (κ2) is 5.13. The lowest BCUT2D eigenvalue weighted by Gasteiger charge is -2.35. The van der Waals surface area contributed by atoms with Gasteiger partial charge in [0.25, 0.3) is 0 Å². The van der Waals surface area contributed by atoms with Crippen LogP contribution in [0.25, 0.3) is 0 Å². The number of aryl methyl sites for hydroxylation is 1. The predicted octanol–water partition coefficient (Wildman–Crippen LogP) is 2.04. The number of nitrogens with one attached hydrogen (secondary N) is 2. The molecule has 0 radical (unpaired) electrons. The summed E-state index contributed by atoms with van der Waals surface area (Å²) < 4.78 is 0. The van der Waals surface area contributed by atoms with Crippen LogP contribution in [-0.4, -0.2) is 28.3 Å². The van der Waals surface area contributed by atoms with Crippen molar-refractivity contribution >= 4 is 0 Å². The number of piperidine rings is 1. The Labute approximate surface area is 113 Å². The van der Waals surface area contributed by atoms with Gasteiger partial charge in [-0.2, -0.15) is 5.10 Å². The van der Waals surface area contributed by atoms with E-state index in [-0.39, 0.29) is 5.41 Å². The van der Waals surface area contributed by atoms with E-state index in [9.17, 15) is 0 Å². The minimum Gasteiger partial charge on any atom is -0.317 e. The van der Waals surface area contributed by atoms with Crippen LogP contribution in [0.15, 0.2) is 30.3 Å². The molecule has 1 aromatic heterocycles. The smallest absolute Gasteiger partial charge is 0.161 e. The first-order valence-corrected chi connectivity index (χ1v) is 7.03. The van der Waals surface area contributed by atoms with E-state index in [1.165, 1.54) is 5.56 Å². The summed E-state index contributed by atoms with van der Waals surface area (Å²) in [5, 5.41) is 11.0. The number of aromatic nitrogens is 3. The number of benzene rings is 1. The van der Waals surface area contributed by atoms with E-state index in [1.54, 1.807) is 0 Å². The minimum atomic E-state index is -0.0313.